The van der Waals surface area contributed by atoms with E-state index in [1.165, 1.54) is 18.6 Å². The number of nitro groups is 1. The summed E-state index contributed by atoms with van der Waals surface area (Å²) in [5.41, 5.74) is 1.48. The van der Waals surface area contributed by atoms with Crippen LogP contribution < -0.4 is 14.8 Å². The standard InChI is InChI=1S/C26H29N3O5/c1-3-33-25-15-20(14-21(16-27)26(30)28-23-7-5-4-6-18(23)2)10-13-24(25)34-17-19-8-11-22(12-9-19)29(31)32/h8-15,18,23H,3-7,17H2,1-2H3,(H,28,30)/b21-14+/t18-,23-/m0/s1. The lowest BCUT2D eigenvalue weighted by molar-refractivity contribution is -0.384. The number of nitrogens with one attached hydrogen (secondary N) is 1. The largest absolute Gasteiger partial charge is 0.490 e. The van der Waals surface area contributed by atoms with Crippen LogP contribution in [0.25, 0.3) is 6.08 Å². The monoisotopic (exact) mass is 463 g/mol. The molecule has 0 unspecified atom stereocenters. The van der Waals surface area contributed by atoms with E-state index in [1.54, 1.807) is 36.4 Å². The molecule has 2 aromatic carbocycles. The molecule has 0 spiro atoms. The van der Waals surface area contributed by atoms with Crippen molar-refractivity contribution in [2.24, 2.45) is 5.92 Å². The molecule has 1 aliphatic carbocycles. The number of nitriles is 1. The fraction of sp³-hybridized carbons (Fsp3) is 0.385. The summed E-state index contributed by atoms with van der Waals surface area (Å²) in [7, 11) is 0. The predicted molar refractivity (Wildman–Crippen MR) is 128 cm³/mol. The molecule has 0 heterocycles. The highest BCUT2D eigenvalue weighted by molar-refractivity contribution is 6.01. The first-order valence-corrected chi connectivity index (χ1v) is 11.5. The van der Waals surface area contributed by atoms with Crippen LogP contribution >= 0.6 is 0 Å². The van der Waals surface area contributed by atoms with Crippen molar-refractivity contribution in [3.8, 4) is 17.6 Å². The third-order valence-corrected chi connectivity index (χ3v) is 5.91. The normalized spacial score (nSPS) is 18.0. The Labute approximate surface area is 199 Å². The van der Waals surface area contributed by atoms with Gasteiger partial charge in [-0.2, -0.15) is 5.26 Å². The van der Waals surface area contributed by atoms with Gasteiger partial charge in [0.25, 0.3) is 11.6 Å². The Morgan fingerprint density at radius 2 is 1.91 bits per heavy atom. The number of hydrogen-bond donors (Lipinski definition) is 1. The zero-order valence-corrected chi connectivity index (χ0v) is 19.5. The van der Waals surface area contributed by atoms with E-state index in [0.29, 0.717) is 29.6 Å². The van der Waals surface area contributed by atoms with Crippen LogP contribution in [-0.4, -0.2) is 23.5 Å². The van der Waals surface area contributed by atoms with Gasteiger partial charge in [-0.1, -0.05) is 25.8 Å². The van der Waals surface area contributed by atoms with Crippen molar-refractivity contribution >= 4 is 17.7 Å². The van der Waals surface area contributed by atoms with Gasteiger partial charge in [-0.05, 0) is 67.2 Å². The molecule has 178 valence electrons. The lowest BCUT2D eigenvalue weighted by Gasteiger charge is -2.29. The van der Waals surface area contributed by atoms with Crippen molar-refractivity contribution in [1.29, 1.82) is 5.26 Å². The van der Waals surface area contributed by atoms with Crippen molar-refractivity contribution in [3.05, 3.63) is 69.3 Å². The smallest absolute Gasteiger partial charge is 0.269 e. The number of carbonyl (C=O) groups is 1. The van der Waals surface area contributed by atoms with Crippen molar-refractivity contribution in [2.75, 3.05) is 6.61 Å². The van der Waals surface area contributed by atoms with Crippen LogP contribution in [0.1, 0.15) is 50.7 Å². The minimum atomic E-state index is -0.449. The molecule has 1 fully saturated rings. The number of carbonyl (C=O) groups excluding carboxylic acids is 1. The molecule has 3 rings (SSSR count). The topological polar surface area (TPSA) is 114 Å². The summed E-state index contributed by atoms with van der Waals surface area (Å²) in [5, 5.41) is 23.4. The van der Waals surface area contributed by atoms with Crippen LogP contribution in [-0.2, 0) is 11.4 Å². The Hall–Kier alpha value is -3.86. The highest BCUT2D eigenvalue weighted by Gasteiger charge is 2.24. The molecule has 0 aliphatic heterocycles. The lowest BCUT2D eigenvalue weighted by atomic mass is 9.86. The number of nitrogens with zero attached hydrogens (tertiary/aromatic N) is 2. The molecule has 34 heavy (non-hydrogen) atoms. The fourth-order valence-corrected chi connectivity index (χ4v) is 3.97. The van der Waals surface area contributed by atoms with Gasteiger partial charge in [0.05, 0.1) is 11.5 Å². The summed E-state index contributed by atoms with van der Waals surface area (Å²) in [6, 6.07) is 13.4. The van der Waals surface area contributed by atoms with E-state index in [2.05, 4.69) is 12.2 Å². The molecule has 0 saturated heterocycles. The fourth-order valence-electron chi connectivity index (χ4n) is 3.97. The van der Waals surface area contributed by atoms with Gasteiger partial charge < -0.3 is 14.8 Å². The molecule has 1 amide bonds. The first-order valence-electron chi connectivity index (χ1n) is 11.5. The van der Waals surface area contributed by atoms with E-state index in [9.17, 15) is 20.2 Å². The molecule has 2 atom stereocenters. The zero-order chi connectivity index (χ0) is 24.5. The summed E-state index contributed by atoms with van der Waals surface area (Å²) >= 11 is 0. The Bertz CT molecular complexity index is 1090. The average molecular weight is 464 g/mol. The van der Waals surface area contributed by atoms with Gasteiger partial charge >= 0.3 is 0 Å². The molecule has 2 aromatic rings. The minimum Gasteiger partial charge on any atom is -0.490 e. The van der Waals surface area contributed by atoms with Crippen LogP contribution in [0, 0.1) is 27.4 Å². The molecule has 1 aliphatic rings. The quantitative estimate of drug-likeness (QED) is 0.237. The maximum Gasteiger partial charge on any atom is 0.269 e. The second kappa shape index (κ2) is 11.8. The van der Waals surface area contributed by atoms with E-state index in [0.717, 1.165) is 24.8 Å². The van der Waals surface area contributed by atoms with Crippen molar-refractivity contribution in [2.45, 2.75) is 52.2 Å². The molecular formula is C26H29N3O5. The van der Waals surface area contributed by atoms with E-state index in [-0.39, 0.29) is 29.8 Å². The van der Waals surface area contributed by atoms with Gasteiger partial charge in [-0.25, -0.2) is 0 Å². The van der Waals surface area contributed by atoms with E-state index >= 15 is 0 Å². The highest BCUT2D eigenvalue weighted by Crippen LogP contribution is 2.30. The summed E-state index contributed by atoms with van der Waals surface area (Å²) < 4.78 is 11.6. The molecule has 0 radical (unpaired) electrons. The third-order valence-electron chi connectivity index (χ3n) is 5.91. The van der Waals surface area contributed by atoms with Gasteiger partial charge in [-0.3, -0.25) is 14.9 Å². The van der Waals surface area contributed by atoms with E-state index in [4.69, 9.17) is 9.47 Å². The SMILES string of the molecule is CCOc1cc(/C=C(\C#N)C(=O)N[C@H]2CCCC[C@@H]2C)ccc1OCc1ccc([N+](=O)[O-])cc1. The van der Waals surface area contributed by atoms with Crippen molar-refractivity contribution in [1.82, 2.24) is 5.32 Å². The summed E-state index contributed by atoms with van der Waals surface area (Å²) in [6.45, 7) is 4.59. The number of rotatable bonds is 9. The van der Waals surface area contributed by atoms with Gasteiger partial charge in [0.15, 0.2) is 11.5 Å². The number of nitro benzene ring substituents is 1. The molecule has 1 N–H and O–H groups in total. The Morgan fingerprint density at radius 3 is 2.56 bits per heavy atom. The van der Waals surface area contributed by atoms with Gasteiger partial charge in [0, 0.05) is 18.2 Å². The van der Waals surface area contributed by atoms with Gasteiger partial charge in [0.1, 0.15) is 18.2 Å². The maximum absolute atomic E-state index is 12.7. The first-order chi connectivity index (χ1) is 16.4. The molecule has 8 heteroatoms. The molecule has 8 nitrogen and oxygen atoms in total. The van der Waals surface area contributed by atoms with Crippen molar-refractivity contribution < 1.29 is 19.2 Å². The van der Waals surface area contributed by atoms with Crippen LogP contribution in [0.2, 0.25) is 0 Å². The van der Waals surface area contributed by atoms with Crippen molar-refractivity contribution in [3.63, 3.8) is 0 Å². The number of hydrogen-bond acceptors (Lipinski definition) is 6. The molecular weight excluding hydrogens is 434 g/mol. The number of ether oxygens (including phenoxy) is 2. The number of benzene rings is 2. The van der Waals surface area contributed by atoms with Gasteiger partial charge in [-0.15, -0.1) is 0 Å². The van der Waals surface area contributed by atoms with Gasteiger partial charge in [0.2, 0.25) is 0 Å². The Kier molecular flexibility index (Phi) is 8.63. The van der Waals surface area contributed by atoms with Crippen LogP contribution in [0.4, 0.5) is 5.69 Å². The average Bonchev–Trinajstić information content (AvgIpc) is 2.83. The predicted octanol–water partition coefficient (Wildman–Crippen LogP) is 5.17. The molecule has 0 bridgehead atoms. The second-order valence-corrected chi connectivity index (χ2v) is 8.36. The maximum atomic E-state index is 12.7. The van der Waals surface area contributed by atoms with E-state index < -0.39 is 4.92 Å². The zero-order valence-electron chi connectivity index (χ0n) is 19.5. The van der Waals surface area contributed by atoms with E-state index in [1.807, 2.05) is 13.0 Å². The lowest BCUT2D eigenvalue weighted by Crippen LogP contribution is -2.41. The van der Waals surface area contributed by atoms with Crippen LogP contribution in [0.3, 0.4) is 0 Å². The van der Waals surface area contributed by atoms with Crippen LogP contribution in [0.15, 0.2) is 48.0 Å². The third kappa shape index (κ3) is 6.58. The summed E-state index contributed by atoms with van der Waals surface area (Å²) in [4.78, 5) is 23.0. The summed E-state index contributed by atoms with van der Waals surface area (Å²) in [5.74, 6) is 1.01. The number of amides is 1. The highest BCUT2D eigenvalue weighted by atomic mass is 16.6. The summed E-state index contributed by atoms with van der Waals surface area (Å²) in [6.07, 6.45) is 5.81. The Balaban J connectivity index is 1.72. The molecule has 1 saturated carbocycles. The first kappa shape index (κ1) is 24.8. The minimum absolute atomic E-state index is 0.0187. The molecule has 0 aromatic heterocycles. The second-order valence-electron chi connectivity index (χ2n) is 8.36. The van der Waals surface area contributed by atoms with Crippen LogP contribution in [0.5, 0.6) is 11.5 Å². The number of non-ortho nitro benzene ring substituents is 1. The Morgan fingerprint density at radius 1 is 1.18 bits per heavy atom.